The first-order valence-corrected chi connectivity index (χ1v) is 7.95. The van der Waals surface area contributed by atoms with Gasteiger partial charge in [0.1, 0.15) is 5.82 Å². The minimum atomic E-state index is 0.733. The van der Waals surface area contributed by atoms with E-state index in [1.807, 2.05) is 49.9 Å². The summed E-state index contributed by atoms with van der Waals surface area (Å²) in [5.74, 6) is 0.940. The van der Waals surface area contributed by atoms with Crippen molar-refractivity contribution in [3.63, 3.8) is 0 Å². The minimum Gasteiger partial charge on any atom is -0.386 e. The lowest BCUT2D eigenvalue weighted by Gasteiger charge is -2.18. The molecule has 0 radical (unpaired) electrons. The lowest BCUT2D eigenvalue weighted by Crippen LogP contribution is -2.18. The first-order chi connectivity index (χ1) is 10.8. The molecule has 0 atom stereocenters. The summed E-state index contributed by atoms with van der Waals surface area (Å²) in [6.45, 7) is 0.733. The van der Waals surface area contributed by atoms with Crippen molar-refractivity contribution in [1.82, 2.24) is 9.36 Å². The molecule has 3 aromatic rings. The van der Waals surface area contributed by atoms with Gasteiger partial charge in [-0.15, -0.1) is 0 Å². The highest BCUT2D eigenvalue weighted by Gasteiger charge is 2.09. The van der Waals surface area contributed by atoms with Crippen LogP contribution in [-0.2, 0) is 6.54 Å². The Hall–Kier alpha value is -2.40. The maximum atomic E-state index is 4.57. The van der Waals surface area contributed by atoms with Gasteiger partial charge in [-0.3, -0.25) is 0 Å². The molecule has 1 aromatic carbocycles. The lowest BCUT2D eigenvalue weighted by molar-refractivity contribution is 0.881. The highest BCUT2D eigenvalue weighted by molar-refractivity contribution is 7.04. The second kappa shape index (κ2) is 6.58. The van der Waals surface area contributed by atoms with Gasteiger partial charge >= 0.3 is 0 Å². The molecule has 2 aromatic heterocycles. The first kappa shape index (κ1) is 14.5. The monoisotopic (exact) mass is 310 g/mol. The van der Waals surface area contributed by atoms with Crippen LogP contribution in [0.4, 0.5) is 11.5 Å². The molecule has 4 nitrogen and oxygen atoms in total. The van der Waals surface area contributed by atoms with E-state index in [1.54, 1.807) is 0 Å². The molecule has 0 spiro atoms. The molecular formula is C17H18N4S. The topological polar surface area (TPSA) is 41.1 Å². The highest BCUT2D eigenvalue weighted by Crippen LogP contribution is 2.23. The summed E-state index contributed by atoms with van der Waals surface area (Å²) < 4.78 is 4.43. The number of hydrogen-bond acceptors (Lipinski definition) is 5. The predicted molar refractivity (Wildman–Crippen MR) is 93.4 cm³/mol. The van der Waals surface area contributed by atoms with Crippen LogP contribution in [0.3, 0.4) is 0 Å². The highest BCUT2D eigenvalue weighted by atomic mass is 32.1. The van der Waals surface area contributed by atoms with Gasteiger partial charge in [0.05, 0.1) is 17.9 Å². The van der Waals surface area contributed by atoms with E-state index < -0.39 is 0 Å². The van der Waals surface area contributed by atoms with Gasteiger partial charge < -0.3 is 10.2 Å². The van der Waals surface area contributed by atoms with Crippen LogP contribution in [0.15, 0.2) is 54.0 Å². The Morgan fingerprint density at radius 3 is 2.59 bits per heavy atom. The normalized spacial score (nSPS) is 10.5. The van der Waals surface area contributed by atoms with Crippen LogP contribution in [0.5, 0.6) is 0 Å². The van der Waals surface area contributed by atoms with Crippen LogP contribution in [0, 0.1) is 0 Å². The molecule has 0 aliphatic heterocycles. The molecule has 0 aliphatic rings. The summed E-state index contributed by atoms with van der Waals surface area (Å²) in [5.41, 5.74) is 4.44. The number of pyridine rings is 1. The van der Waals surface area contributed by atoms with Crippen molar-refractivity contribution in [3.05, 3.63) is 59.7 Å². The van der Waals surface area contributed by atoms with Gasteiger partial charge in [0.2, 0.25) is 0 Å². The third kappa shape index (κ3) is 3.09. The molecule has 0 aliphatic carbocycles. The van der Waals surface area contributed by atoms with Crippen molar-refractivity contribution in [1.29, 1.82) is 0 Å². The molecule has 112 valence electrons. The average molecular weight is 310 g/mol. The Labute approximate surface area is 134 Å². The molecule has 0 bridgehead atoms. The van der Waals surface area contributed by atoms with E-state index in [9.17, 15) is 0 Å². The van der Waals surface area contributed by atoms with Crippen molar-refractivity contribution >= 4 is 23.0 Å². The van der Waals surface area contributed by atoms with E-state index >= 15 is 0 Å². The van der Waals surface area contributed by atoms with E-state index in [-0.39, 0.29) is 0 Å². The van der Waals surface area contributed by atoms with Crippen LogP contribution in [0.25, 0.3) is 11.1 Å². The Bertz CT molecular complexity index is 722. The van der Waals surface area contributed by atoms with E-state index in [1.165, 1.54) is 17.1 Å². The van der Waals surface area contributed by atoms with Crippen molar-refractivity contribution in [3.8, 4) is 11.1 Å². The second-order valence-electron chi connectivity index (χ2n) is 5.05. The van der Waals surface area contributed by atoms with Gasteiger partial charge in [0, 0.05) is 31.2 Å². The number of benzene rings is 1. The number of aromatic nitrogens is 2. The molecule has 5 heteroatoms. The maximum absolute atomic E-state index is 4.57. The molecule has 22 heavy (non-hydrogen) atoms. The SMILES string of the molecule is CNc1csnc1CN(C)c1ccc(-c2ccccc2)cn1. The molecule has 0 saturated heterocycles. The molecular weight excluding hydrogens is 292 g/mol. The summed E-state index contributed by atoms with van der Waals surface area (Å²) in [5, 5.41) is 5.19. The Morgan fingerprint density at radius 2 is 1.91 bits per heavy atom. The van der Waals surface area contributed by atoms with E-state index in [4.69, 9.17) is 0 Å². The molecule has 0 amide bonds. The number of nitrogens with zero attached hydrogens (tertiary/aromatic N) is 3. The van der Waals surface area contributed by atoms with Crippen molar-refractivity contribution in [2.75, 3.05) is 24.3 Å². The van der Waals surface area contributed by atoms with E-state index in [0.29, 0.717) is 0 Å². The fourth-order valence-corrected chi connectivity index (χ4v) is 2.99. The Kier molecular flexibility index (Phi) is 4.34. The second-order valence-corrected chi connectivity index (χ2v) is 5.68. The zero-order valence-electron chi connectivity index (χ0n) is 12.7. The molecule has 2 heterocycles. The van der Waals surface area contributed by atoms with Gasteiger partial charge in [-0.1, -0.05) is 30.3 Å². The van der Waals surface area contributed by atoms with Crippen LogP contribution < -0.4 is 10.2 Å². The zero-order chi connectivity index (χ0) is 15.4. The van der Waals surface area contributed by atoms with Gasteiger partial charge in [0.25, 0.3) is 0 Å². The summed E-state index contributed by atoms with van der Waals surface area (Å²) >= 11 is 1.47. The fourth-order valence-electron chi connectivity index (χ4n) is 2.30. The van der Waals surface area contributed by atoms with E-state index in [0.717, 1.165) is 29.3 Å². The average Bonchev–Trinajstić information content (AvgIpc) is 3.03. The van der Waals surface area contributed by atoms with Crippen molar-refractivity contribution < 1.29 is 0 Å². The predicted octanol–water partition coefficient (Wildman–Crippen LogP) is 3.88. The van der Waals surface area contributed by atoms with Crippen molar-refractivity contribution in [2.24, 2.45) is 0 Å². The summed E-state index contributed by atoms with van der Waals surface area (Å²) in [6, 6.07) is 14.4. The molecule has 3 rings (SSSR count). The standard InChI is InChI=1S/C17H18N4S/c1-18-16-12-22-20-15(16)11-21(2)17-9-8-14(10-19-17)13-6-4-3-5-7-13/h3-10,12,18H,11H2,1-2H3. The number of nitrogens with one attached hydrogen (secondary N) is 1. The van der Waals surface area contributed by atoms with Crippen LogP contribution in [0.1, 0.15) is 5.69 Å². The smallest absolute Gasteiger partial charge is 0.128 e. The molecule has 0 saturated carbocycles. The zero-order valence-corrected chi connectivity index (χ0v) is 13.5. The number of hydrogen-bond donors (Lipinski definition) is 1. The third-order valence-electron chi connectivity index (χ3n) is 3.55. The van der Waals surface area contributed by atoms with Gasteiger partial charge in [-0.05, 0) is 29.2 Å². The lowest BCUT2D eigenvalue weighted by atomic mass is 10.1. The molecule has 1 N–H and O–H groups in total. The van der Waals surface area contributed by atoms with E-state index in [2.05, 4.69) is 37.8 Å². The van der Waals surface area contributed by atoms with Gasteiger partial charge in [-0.2, -0.15) is 4.37 Å². The summed E-state index contributed by atoms with van der Waals surface area (Å²) in [6.07, 6.45) is 1.92. The fraction of sp³-hybridized carbons (Fsp3) is 0.176. The van der Waals surface area contributed by atoms with Gasteiger partial charge in [-0.25, -0.2) is 4.98 Å². The number of anilines is 2. The van der Waals surface area contributed by atoms with Gasteiger partial charge in [0.15, 0.2) is 0 Å². The molecule has 0 unspecified atom stereocenters. The maximum Gasteiger partial charge on any atom is 0.128 e. The Morgan fingerprint density at radius 1 is 1.09 bits per heavy atom. The summed E-state index contributed by atoms with van der Waals surface area (Å²) in [4.78, 5) is 6.67. The van der Waals surface area contributed by atoms with Crippen LogP contribution >= 0.6 is 11.5 Å². The minimum absolute atomic E-state index is 0.733. The molecule has 0 fully saturated rings. The number of rotatable bonds is 5. The summed E-state index contributed by atoms with van der Waals surface area (Å²) in [7, 11) is 3.95. The Balaban J connectivity index is 1.75. The largest absolute Gasteiger partial charge is 0.386 e. The van der Waals surface area contributed by atoms with Crippen LogP contribution in [-0.4, -0.2) is 23.5 Å². The van der Waals surface area contributed by atoms with Crippen LogP contribution in [0.2, 0.25) is 0 Å². The quantitative estimate of drug-likeness (QED) is 0.776. The first-order valence-electron chi connectivity index (χ1n) is 7.11. The van der Waals surface area contributed by atoms with Crippen molar-refractivity contribution in [2.45, 2.75) is 6.54 Å². The third-order valence-corrected chi connectivity index (χ3v) is 4.21.